The molecule has 2 nitrogen and oxygen atoms in total. The first-order chi connectivity index (χ1) is 7.68. The Labute approximate surface area is 103 Å². The summed E-state index contributed by atoms with van der Waals surface area (Å²) in [7, 11) is 0. The third-order valence-corrected chi connectivity index (χ3v) is 3.57. The van der Waals surface area contributed by atoms with Crippen LogP contribution in [0.25, 0.3) is 0 Å². The van der Waals surface area contributed by atoms with Gasteiger partial charge in [-0.3, -0.25) is 0 Å². The Bertz CT molecular complexity index is 365. The molecule has 0 aliphatic carbocycles. The van der Waals surface area contributed by atoms with Crippen LogP contribution in [0.5, 0.6) is 0 Å². The van der Waals surface area contributed by atoms with Crippen LogP contribution in [0.4, 0.5) is 5.69 Å². The Morgan fingerprint density at radius 2 is 2.25 bits per heavy atom. The van der Waals surface area contributed by atoms with Crippen LogP contribution in [0.15, 0.2) is 18.2 Å². The number of hydrogen-bond acceptors (Lipinski definition) is 2. The van der Waals surface area contributed by atoms with Gasteiger partial charge in [0.15, 0.2) is 0 Å². The number of hydrogen-bond donors (Lipinski definition) is 1. The minimum atomic E-state index is 0.681. The fourth-order valence-corrected chi connectivity index (χ4v) is 2.42. The molecule has 88 valence electrons. The Balaban J connectivity index is 2.24. The molecule has 1 fully saturated rings. The van der Waals surface area contributed by atoms with E-state index in [9.17, 15) is 0 Å². The van der Waals surface area contributed by atoms with Crippen LogP contribution in [0, 0.1) is 12.8 Å². The molecule has 1 atom stereocenters. The summed E-state index contributed by atoms with van der Waals surface area (Å²) >= 11 is 6.17. The molecule has 0 saturated carbocycles. The van der Waals surface area contributed by atoms with E-state index in [0.717, 1.165) is 31.2 Å². The van der Waals surface area contributed by atoms with Crippen LogP contribution < -0.4 is 10.2 Å². The molecule has 0 bridgehead atoms. The van der Waals surface area contributed by atoms with Gasteiger partial charge in [0, 0.05) is 30.3 Å². The zero-order valence-electron chi connectivity index (χ0n) is 9.96. The van der Waals surface area contributed by atoms with E-state index in [1.54, 1.807) is 0 Å². The summed E-state index contributed by atoms with van der Waals surface area (Å²) in [5, 5.41) is 4.32. The Kier molecular flexibility index (Phi) is 3.72. The van der Waals surface area contributed by atoms with Crippen LogP contribution >= 0.6 is 11.6 Å². The lowest BCUT2D eigenvalue weighted by atomic mass is 10.1. The van der Waals surface area contributed by atoms with Gasteiger partial charge in [0.2, 0.25) is 0 Å². The Hall–Kier alpha value is -0.730. The van der Waals surface area contributed by atoms with Crippen molar-refractivity contribution >= 4 is 17.3 Å². The molecule has 16 heavy (non-hydrogen) atoms. The average molecular weight is 239 g/mol. The molecule has 1 aromatic rings. The largest absolute Gasteiger partial charge is 0.370 e. The highest BCUT2D eigenvalue weighted by atomic mass is 35.5. The van der Waals surface area contributed by atoms with Gasteiger partial charge in [-0.25, -0.2) is 0 Å². The van der Waals surface area contributed by atoms with E-state index in [0.29, 0.717) is 5.92 Å². The minimum Gasteiger partial charge on any atom is -0.370 e. The van der Waals surface area contributed by atoms with Gasteiger partial charge in [-0.15, -0.1) is 0 Å². The summed E-state index contributed by atoms with van der Waals surface area (Å²) in [6.45, 7) is 8.71. The number of nitrogens with one attached hydrogen (secondary N) is 1. The summed E-state index contributed by atoms with van der Waals surface area (Å²) in [5.74, 6) is 0.681. The number of anilines is 1. The van der Waals surface area contributed by atoms with E-state index in [4.69, 9.17) is 11.6 Å². The molecule has 1 heterocycles. The van der Waals surface area contributed by atoms with E-state index in [2.05, 4.69) is 30.1 Å². The standard InChI is InChI=1S/C13H19ClN2/c1-10-8-15-6-7-16(9-10)13-5-3-4-12(14)11(13)2/h3-5,10,15H,6-9H2,1-2H3. The van der Waals surface area contributed by atoms with Gasteiger partial charge in [0.05, 0.1) is 0 Å². The number of rotatable bonds is 1. The maximum atomic E-state index is 6.17. The number of halogens is 1. The van der Waals surface area contributed by atoms with Gasteiger partial charge >= 0.3 is 0 Å². The van der Waals surface area contributed by atoms with E-state index >= 15 is 0 Å². The smallest absolute Gasteiger partial charge is 0.0455 e. The third kappa shape index (κ3) is 2.50. The van der Waals surface area contributed by atoms with Crippen molar-refractivity contribution in [2.45, 2.75) is 13.8 Å². The molecular weight excluding hydrogens is 220 g/mol. The van der Waals surface area contributed by atoms with E-state index in [-0.39, 0.29) is 0 Å². The van der Waals surface area contributed by atoms with Gasteiger partial charge < -0.3 is 10.2 Å². The van der Waals surface area contributed by atoms with Crippen LogP contribution in [0.2, 0.25) is 5.02 Å². The van der Waals surface area contributed by atoms with E-state index in [1.165, 1.54) is 11.3 Å². The SMILES string of the molecule is Cc1c(Cl)cccc1N1CCNCC(C)C1. The van der Waals surface area contributed by atoms with Gasteiger partial charge in [0.1, 0.15) is 0 Å². The zero-order chi connectivity index (χ0) is 11.5. The first kappa shape index (κ1) is 11.7. The summed E-state index contributed by atoms with van der Waals surface area (Å²) in [4.78, 5) is 2.44. The lowest BCUT2D eigenvalue weighted by molar-refractivity contribution is 0.564. The molecule has 0 amide bonds. The highest BCUT2D eigenvalue weighted by Crippen LogP contribution is 2.27. The molecule has 1 aromatic carbocycles. The maximum Gasteiger partial charge on any atom is 0.0455 e. The molecule has 1 unspecified atom stereocenters. The molecule has 2 rings (SSSR count). The summed E-state index contributed by atoms with van der Waals surface area (Å²) in [6.07, 6.45) is 0. The van der Waals surface area contributed by atoms with Crippen molar-refractivity contribution in [2.75, 3.05) is 31.1 Å². The second-order valence-corrected chi connectivity index (χ2v) is 5.05. The highest BCUT2D eigenvalue weighted by molar-refractivity contribution is 6.31. The predicted octanol–water partition coefficient (Wildman–Crippen LogP) is 2.69. The van der Waals surface area contributed by atoms with Crippen LogP contribution in [-0.4, -0.2) is 26.2 Å². The quantitative estimate of drug-likeness (QED) is 0.810. The van der Waals surface area contributed by atoms with Crippen molar-refractivity contribution < 1.29 is 0 Å². The van der Waals surface area contributed by atoms with Crippen LogP contribution in [-0.2, 0) is 0 Å². The summed E-state index contributed by atoms with van der Waals surface area (Å²) in [5.41, 5.74) is 2.47. The predicted molar refractivity (Wildman–Crippen MR) is 70.4 cm³/mol. The molecule has 1 N–H and O–H groups in total. The van der Waals surface area contributed by atoms with E-state index < -0.39 is 0 Å². The Morgan fingerprint density at radius 1 is 1.44 bits per heavy atom. The molecule has 0 radical (unpaired) electrons. The molecule has 1 saturated heterocycles. The second kappa shape index (κ2) is 5.07. The summed E-state index contributed by atoms with van der Waals surface area (Å²) in [6, 6.07) is 6.16. The van der Waals surface area contributed by atoms with Crippen LogP contribution in [0.3, 0.4) is 0 Å². The molecule has 0 aromatic heterocycles. The number of benzene rings is 1. The van der Waals surface area contributed by atoms with Crippen LogP contribution in [0.1, 0.15) is 12.5 Å². The molecule has 0 spiro atoms. The van der Waals surface area contributed by atoms with E-state index in [1.807, 2.05) is 12.1 Å². The maximum absolute atomic E-state index is 6.17. The van der Waals surface area contributed by atoms with Crippen molar-refractivity contribution in [3.63, 3.8) is 0 Å². The lowest BCUT2D eigenvalue weighted by Crippen LogP contribution is -2.29. The average Bonchev–Trinajstić information content (AvgIpc) is 2.47. The molecule has 1 aliphatic heterocycles. The van der Waals surface area contributed by atoms with Crippen molar-refractivity contribution in [1.82, 2.24) is 5.32 Å². The molecule has 3 heteroatoms. The summed E-state index contributed by atoms with van der Waals surface area (Å²) < 4.78 is 0. The second-order valence-electron chi connectivity index (χ2n) is 4.64. The van der Waals surface area contributed by atoms with Crippen molar-refractivity contribution in [1.29, 1.82) is 0 Å². The van der Waals surface area contributed by atoms with Gasteiger partial charge in [-0.1, -0.05) is 24.6 Å². The Morgan fingerprint density at radius 3 is 3.06 bits per heavy atom. The number of nitrogens with zero attached hydrogens (tertiary/aromatic N) is 1. The van der Waals surface area contributed by atoms with Gasteiger partial charge in [-0.05, 0) is 37.1 Å². The fraction of sp³-hybridized carbons (Fsp3) is 0.538. The zero-order valence-corrected chi connectivity index (χ0v) is 10.7. The first-order valence-corrected chi connectivity index (χ1v) is 6.27. The fourth-order valence-electron chi connectivity index (χ4n) is 2.25. The monoisotopic (exact) mass is 238 g/mol. The highest BCUT2D eigenvalue weighted by Gasteiger charge is 2.16. The first-order valence-electron chi connectivity index (χ1n) is 5.89. The normalized spacial score (nSPS) is 21.9. The minimum absolute atomic E-state index is 0.681. The van der Waals surface area contributed by atoms with Gasteiger partial charge in [-0.2, -0.15) is 0 Å². The van der Waals surface area contributed by atoms with Crippen molar-refractivity contribution in [3.8, 4) is 0 Å². The van der Waals surface area contributed by atoms with Crippen molar-refractivity contribution in [2.24, 2.45) is 5.92 Å². The molecule has 1 aliphatic rings. The van der Waals surface area contributed by atoms with Crippen molar-refractivity contribution in [3.05, 3.63) is 28.8 Å². The lowest BCUT2D eigenvalue weighted by Gasteiger charge is -2.26. The van der Waals surface area contributed by atoms with Gasteiger partial charge in [0.25, 0.3) is 0 Å². The molecular formula is C13H19ClN2. The third-order valence-electron chi connectivity index (χ3n) is 3.16. The topological polar surface area (TPSA) is 15.3 Å².